The Balaban J connectivity index is 2.69. The van der Waals surface area contributed by atoms with Crippen LogP contribution in [-0.4, -0.2) is 14.7 Å². The quantitative estimate of drug-likeness (QED) is 0.821. The van der Waals surface area contributed by atoms with Gasteiger partial charge >= 0.3 is 5.69 Å². The lowest BCUT2D eigenvalue weighted by Crippen LogP contribution is -2.30. The molecular formula is C14H11BrN2O3. The van der Waals surface area contributed by atoms with Gasteiger partial charge in [-0.15, -0.1) is 5.92 Å². The molecule has 0 amide bonds. The minimum atomic E-state index is -0.684. The number of aromatic nitrogens is 2. The predicted molar refractivity (Wildman–Crippen MR) is 79.6 cm³/mol. The Labute approximate surface area is 123 Å². The summed E-state index contributed by atoms with van der Waals surface area (Å²) < 4.78 is 1.87. The zero-order chi connectivity index (χ0) is 14.7. The van der Waals surface area contributed by atoms with Gasteiger partial charge in [-0.1, -0.05) is 34.0 Å². The minimum Gasteiger partial charge on any atom is -0.494 e. The van der Waals surface area contributed by atoms with Crippen LogP contribution < -0.4 is 11.2 Å². The molecule has 0 fully saturated rings. The topological polar surface area (TPSA) is 75.1 Å². The van der Waals surface area contributed by atoms with Crippen LogP contribution in [0.3, 0.4) is 0 Å². The number of benzene rings is 1. The van der Waals surface area contributed by atoms with Gasteiger partial charge in [0.25, 0.3) is 5.56 Å². The van der Waals surface area contributed by atoms with E-state index in [4.69, 9.17) is 0 Å². The van der Waals surface area contributed by atoms with E-state index < -0.39 is 11.2 Å². The second kappa shape index (κ2) is 5.80. The summed E-state index contributed by atoms with van der Waals surface area (Å²) in [4.78, 5) is 25.8. The van der Waals surface area contributed by atoms with Crippen molar-refractivity contribution >= 4 is 15.9 Å². The van der Waals surface area contributed by atoms with Crippen LogP contribution in [0.15, 0.2) is 38.3 Å². The molecule has 102 valence electrons. The second-order valence-corrected chi connectivity index (χ2v) is 4.89. The largest absolute Gasteiger partial charge is 0.494 e. The second-order valence-electron chi connectivity index (χ2n) is 3.98. The highest BCUT2D eigenvalue weighted by Gasteiger charge is 2.15. The third-order valence-electron chi connectivity index (χ3n) is 2.72. The molecule has 6 heteroatoms. The Bertz CT molecular complexity index is 808. The molecule has 0 aliphatic rings. The van der Waals surface area contributed by atoms with Gasteiger partial charge in [0.2, 0.25) is 5.88 Å². The van der Waals surface area contributed by atoms with Gasteiger partial charge in [-0.25, -0.2) is 4.79 Å². The van der Waals surface area contributed by atoms with E-state index in [-0.39, 0.29) is 18.0 Å². The molecule has 0 saturated carbocycles. The van der Waals surface area contributed by atoms with Gasteiger partial charge in [-0.05, 0) is 24.6 Å². The summed E-state index contributed by atoms with van der Waals surface area (Å²) >= 11 is 3.29. The maximum absolute atomic E-state index is 11.9. The third-order valence-corrected chi connectivity index (χ3v) is 3.25. The maximum atomic E-state index is 11.9. The molecule has 0 saturated heterocycles. The van der Waals surface area contributed by atoms with Crippen molar-refractivity contribution in [2.24, 2.45) is 0 Å². The van der Waals surface area contributed by atoms with Crippen molar-refractivity contribution in [1.82, 2.24) is 9.55 Å². The van der Waals surface area contributed by atoms with Crippen molar-refractivity contribution in [3.63, 3.8) is 0 Å². The van der Waals surface area contributed by atoms with Gasteiger partial charge in [0, 0.05) is 4.47 Å². The van der Waals surface area contributed by atoms with Gasteiger partial charge in [0.05, 0.1) is 6.54 Å². The molecule has 1 aromatic heterocycles. The molecule has 2 rings (SSSR count). The number of aromatic amines is 1. The average molecular weight is 335 g/mol. The number of H-pyrrole nitrogens is 1. The van der Waals surface area contributed by atoms with Crippen LogP contribution in [0.2, 0.25) is 0 Å². The van der Waals surface area contributed by atoms with Gasteiger partial charge in [0.15, 0.2) is 0 Å². The van der Waals surface area contributed by atoms with E-state index in [1.165, 1.54) is 0 Å². The number of halogens is 1. The van der Waals surface area contributed by atoms with Crippen molar-refractivity contribution in [3.8, 4) is 28.8 Å². The standard InChI is InChI=1S/C14H11BrN2O3/c1-2-3-8-17-13(19)11(12(18)16-14(17)20)9-4-6-10(15)7-5-9/h4-7,19H,8H2,1H3,(H,16,18,20). The van der Waals surface area contributed by atoms with Crippen molar-refractivity contribution in [3.05, 3.63) is 49.6 Å². The molecule has 2 aromatic rings. The fourth-order valence-corrected chi connectivity index (χ4v) is 2.01. The number of nitrogens with one attached hydrogen (secondary N) is 1. The lowest BCUT2D eigenvalue weighted by atomic mass is 10.1. The lowest BCUT2D eigenvalue weighted by molar-refractivity contribution is 0.415. The van der Waals surface area contributed by atoms with Crippen molar-refractivity contribution < 1.29 is 5.11 Å². The molecule has 0 aliphatic carbocycles. The fourth-order valence-electron chi connectivity index (χ4n) is 1.74. The molecule has 1 aromatic carbocycles. The molecular weight excluding hydrogens is 324 g/mol. The summed E-state index contributed by atoms with van der Waals surface area (Å²) in [6.45, 7) is 1.64. The Hall–Kier alpha value is -2.26. The van der Waals surface area contributed by atoms with Gasteiger partial charge in [-0.3, -0.25) is 14.3 Å². The first kappa shape index (κ1) is 14.2. The van der Waals surface area contributed by atoms with Crippen LogP contribution in [0.5, 0.6) is 5.88 Å². The highest BCUT2D eigenvalue weighted by Crippen LogP contribution is 2.25. The predicted octanol–water partition coefficient (Wildman–Crippen LogP) is 1.69. The fraction of sp³-hybridized carbons (Fsp3) is 0.143. The summed E-state index contributed by atoms with van der Waals surface area (Å²) in [5.74, 6) is 4.92. The van der Waals surface area contributed by atoms with Crippen molar-refractivity contribution in [2.45, 2.75) is 13.5 Å². The Kier molecular flexibility index (Phi) is 4.11. The van der Waals surface area contributed by atoms with Gasteiger partial charge in [-0.2, -0.15) is 0 Å². The number of aromatic hydroxyl groups is 1. The van der Waals surface area contributed by atoms with Crippen LogP contribution in [0.1, 0.15) is 6.92 Å². The Morgan fingerprint density at radius 3 is 2.55 bits per heavy atom. The first-order valence-electron chi connectivity index (χ1n) is 5.76. The SMILES string of the molecule is CC#CCn1c(O)c(-c2ccc(Br)cc2)c(=O)[nH]c1=O. The highest BCUT2D eigenvalue weighted by atomic mass is 79.9. The molecule has 20 heavy (non-hydrogen) atoms. The Morgan fingerprint density at radius 1 is 1.30 bits per heavy atom. The maximum Gasteiger partial charge on any atom is 0.332 e. The normalized spacial score (nSPS) is 9.90. The van der Waals surface area contributed by atoms with E-state index in [9.17, 15) is 14.7 Å². The molecule has 0 radical (unpaired) electrons. The average Bonchev–Trinajstić information content (AvgIpc) is 2.40. The van der Waals surface area contributed by atoms with Gasteiger partial charge < -0.3 is 5.11 Å². The van der Waals surface area contributed by atoms with Gasteiger partial charge in [0.1, 0.15) is 5.56 Å². The van der Waals surface area contributed by atoms with Crippen molar-refractivity contribution in [1.29, 1.82) is 0 Å². The first-order chi connectivity index (χ1) is 9.54. The zero-order valence-corrected chi connectivity index (χ0v) is 12.2. The van der Waals surface area contributed by atoms with E-state index >= 15 is 0 Å². The van der Waals surface area contributed by atoms with E-state index in [1.807, 2.05) is 0 Å². The number of hydrogen-bond donors (Lipinski definition) is 2. The zero-order valence-electron chi connectivity index (χ0n) is 10.6. The summed E-state index contributed by atoms with van der Waals surface area (Å²) in [5, 5.41) is 10.2. The highest BCUT2D eigenvalue weighted by molar-refractivity contribution is 9.10. The molecule has 0 spiro atoms. The molecule has 0 bridgehead atoms. The van der Waals surface area contributed by atoms with Crippen LogP contribution in [0.25, 0.3) is 11.1 Å². The van der Waals surface area contributed by atoms with Crippen LogP contribution >= 0.6 is 15.9 Å². The van der Waals surface area contributed by atoms with E-state index in [0.717, 1.165) is 9.04 Å². The monoisotopic (exact) mass is 334 g/mol. The molecule has 0 aliphatic heterocycles. The molecule has 0 unspecified atom stereocenters. The summed E-state index contributed by atoms with van der Waals surface area (Å²) in [6, 6.07) is 6.84. The molecule has 2 N–H and O–H groups in total. The first-order valence-corrected chi connectivity index (χ1v) is 6.55. The summed E-state index contributed by atoms with van der Waals surface area (Å²) in [6.07, 6.45) is 0. The van der Waals surface area contributed by atoms with Crippen LogP contribution in [0.4, 0.5) is 0 Å². The molecule has 1 heterocycles. The number of nitrogens with zero attached hydrogens (tertiary/aromatic N) is 1. The lowest BCUT2D eigenvalue weighted by Gasteiger charge is -2.09. The van der Waals surface area contributed by atoms with E-state index in [0.29, 0.717) is 5.56 Å². The van der Waals surface area contributed by atoms with Crippen molar-refractivity contribution in [2.75, 3.05) is 0 Å². The smallest absolute Gasteiger partial charge is 0.332 e. The number of hydrogen-bond acceptors (Lipinski definition) is 3. The van der Waals surface area contributed by atoms with E-state index in [2.05, 4.69) is 32.8 Å². The summed E-state index contributed by atoms with van der Waals surface area (Å²) in [7, 11) is 0. The molecule has 5 nitrogen and oxygen atoms in total. The molecule has 0 atom stereocenters. The van der Waals surface area contributed by atoms with Crippen LogP contribution in [0, 0.1) is 11.8 Å². The number of rotatable bonds is 2. The van der Waals surface area contributed by atoms with Crippen LogP contribution in [-0.2, 0) is 6.54 Å². The minimum absolute atomic E-state index is 0.0154. The Morgan fingerprint density at radius 2 is 1.95 bits per heavy atom. The summed E-state index contributed by atoms with van der Waals surface area (Å²) in [5.41, 5.74) is -0.744. The van der Waals surface area contributed by atoms with E-state index in [1.54, 1.807) is 31.2 Å². The third kappa shape index (κ3) is 2.68.